The summed E-state index contributed by atoms with van der Waals surface area (Å²) in [7, 11) is -4.61. The van der Waals surface area contributed by atoms with E-state index in [1.807, 2.05) is 0 Å². The Morgan fingerprint density at radius 1 is 0.857 bits per heavy atom. The first-order valence-corrected chi connectivity index (χ1v) is 2.68. The van der Waals surface area contributed by atoms with E-state index in [9.17, 15) is 0 Å². The van der Waals surface area contributed by atoms with Gasteiger partial charge in [0, 0.05) is 0 Å². The summed E-state index contributed by atoms with van der Waals surface area (Å²) in [5.41, 5.74) is 0. The zero-order valence-corrected chi connectivity index (χ0v) is 3.70. The summed E-state index contributed by atoms with van der Waals surface area (Å²) in [4.78, 5) is 29.3. The van der Waals surface area contributed by atoms with Gasteiger partial charge in [0.1, 0.15) is 0 Å². The van der Waals surface area contributed by atoms with E-state index in [-0.39, 0.29) is 34.3 Å². The number of rotatable bonds is 0. The van der Waals surface area contributed by atoms with Crippen LogP contribution in [0.1, 0.15) is 0 Å². The fourth-order valence-corrected chi connectivity index (χ4v) is 0. The van der Waals surface area contributed by atoms with Crippen molar-refractivity contribution in [2.45, 2.75) is 0 Å². The molecule has 0 aliphatic carbocycles. The maximum atomic E-state index is 7.33. The minimum atomic E-state index is -4.61. The first-order valence-electron chi connectivity index (χ1n) is 0.894. The molecule has 0 aromatic heterocycles. The van der Waals surface area contributed by atoms with E-state index >= 15 is 0 Å². The standard InChI is InChI=1S/FH.Na.H4O4Si.H/c;;1-5(2,3)4;/h1H;;1-4H;. The zero-order valence-electron chi connectivity index (χ0n) is 2.70. The second kappa shape index (κ2) is 5.13. The summed E-state index contributed by atoms with van der Waals surface area (Å²) in [5.74, 6) is 0. The third-order valence-electron chi connectivity index (χ3n) is 0. The van der Waals surface area contributed by atoms with Crippen LogP contribution in [0.15, 0.2) is 0 Å². The molecule has 0 radical (unpaired) electrons. The molecule has 0 bridgehead atoms. The van der Waals surface area contributed by atoms with Crippen molar-refractivity contribution in [2.75, 3.05) is 0 Å². The summed E-state index contributed by atoms with van der Waals surface area (Å²) < 4.78 is 0. The van der Waals surface area contributed by atoms with E-state index in [1.54, 1.807) is 0 Å². The molecule has 0 rings (SSSR count). The van der Waals surface area contributed by atoms with Gasteiger partial charge in [0.15, 0.2) is 0 Å². The Morgan fingerprint density at radius 2 is 0.857 bits per heavy atom. The molecule has 4 N–H and O–H groups in total. The predicted octanol–water partition coefficient (Wildman–Crippen LogP) is -3.10. The Labute approximate surface area is 62.6 Å². The fourth-order valence-electron chi connectivity index (χ4n) is 0. The first kappa shape index (κ1) is 15.7. The van der Waals surface area contributed by atoms with Crippen molar-refractivity contribution in [1.29, 1.82) is 0 Å². The van der Waals surface area contributed by atoms with Crippen LogP contribution in [0.5, 0.6) is 0 Å². The third kappa shape index (κ3) is 178. The van der Waals surface area contributed by atoms with Crippen LogP contribution < -0.4 is 0 Å². The monoisotopic (exact) mass is 140 g/mol. The Morgan fingerprint density at radius 3 is 0.857 bits per heavy atom. The molecule has 0 heterocycles. The number of halogens is 1. The van der Waals surface area contributed by atoms with E-state index in [0.29, 0.717) is 0 Å². The molecule has 0 aliphatic heterocycles. The van der Waals surface area contributed by atoms with Crippen LogP contribution in [0.3, 0.4) is 0 Å². The van der Waals surface area contributed by atoms with Gasteiger partial charge >= 0.3 is 38.6 Å². The Kier molecular flexibility index (Phi) is 11.5. The van der Waals surface area contributed by atoms with Crippen LogP contribution in [0.4, 0.5) is 4.70 Å². The van der Waals surface area contributed by atoms with Gasteiger partial charge in [-0.15, -0.1) is 0 Å². The van der Waals surface area contributed by atoms with Gasteiger partial charge in [-0.05, 0) is 0 Å². The Bertz CT molecular complexity index is 27.2. The Hall–Kier alpha value is 0.987. The van der Waals surface area contributed by atoms with Crippen molar-refractivity contribution >= 4 is 38.6 Å². The molecule has 0 aromatic rings. The molecule has 7 heteroatoms. The van der Waals surface area contributed by atoms with Gasteiger partial charge in [0.2, 0.25) is 0 Å². The van der Waals surface area contributed by atoms with Gasteiger partial charge in [0.05, 0.1) is 0 Å². The predicted molar refractivity (Wildman–Crippen MR) is 24.3 cm³/mol. The van der Waals surface area contributed by atoms with Crippen LogP contribution in [0.25, 0.3) is 0 Å². The van der Waals surface area contributed by atoms with Crippen molar-refractivity contribution in [1.82, 2.24) is 0 Å². The zero-order chi connectivity index (χ0) is 4.50. The molecule has 0 spiro atoms. The van der Waals surface area contributed by atoms with Crippen LogP contribution in [-0.4, -0.2) is 57.8 Å². The Balaban J connectivity index is -0.0000000800. The molecule has 0 aliphatic rings. The van der Waals surface area contributed by atoms with Crippen molar-refractivity contribution < 1.29 is 23.9 Å². The van der Waals surface area contributed by atoms with Gasteiger partial charge in [0.25, 0.3) is 0 Å². The molecule has 0 fully saturated rings. The topological polar surface area (TPSA) is 80.9 Å². The van der Waals surface area contributed by atoms with Gasteiger partial charge in [-0.25, -0.2) is 0 Å². The number of hydrogen-bond acceptors (Lipinski definition) is 4. The molecule has 0 amide bonds. The van der Waals surface area contributed by atoms with Gasteiger partial charge < -0.3 is 19.2 Å². The van der Waals surface area contributed by atoms with Crippen LogP contribution in [0.2, 0.25) is 0 Å². The molecule has 7 heavy (non-hydrogen) atoms. The van der Waals surface area contributed by atoms with Crippen molar-refractivity contribution in [3.8, 4) is 0 Å². The summed E-state index contributed by atoms with van der Waals surface area (Å²) in [5, 5.41) is 0. The van der Waals surface area contributed by atoms with E-state index in [0.717, 1.165) is 0 Å². The quantitative estimate of drug-likeness (QED) is 0.269. The van der Waals surface area contributed by atoms with Gasteiger partial charge in [-0.3, -0.25) is 4.70 Å². The molecular formula is H6FNaO4Si. The second-order valence-electron chi connectivity index (χ2n) is 0.600. The fraction of sp³-hybridized carbons (Fsp3) is 0. The number of hydrogen-bond donors (Lipinski definition) is 4. The first-order chi connectivity index (χ1) is 2.00. The molecule has 0 unspecified atom stereocenters. The van der Waals surface area contributed by atoms with Gasteiger partial charge in [-0.1, -0.05) is 0 Å². The van der Waals surface area contributed by atoms with Crippen LogP contribution in [-0.2, 0) is 0 Å². The van der Waals surface area contributed by atoms with Crippen LogP contribution in [0, 0.1) is 0 Å². The molecule has 4 nitrogen and oxygen atoms in total. The summed E-state index contributed by atoms with van der Waals surface area (Å²) in [6, 6.07) is 0. The summed E-state index contributed by atoms with van der Waals surface area (Å²) in [6.45, 7) is 0. The summed E-state index contributed by atoms with van der Waals surface area (Å²) >= 11 is 0. The molecule has 42 valence electrons. The van der Waals surface area contributed by atoms with Crippen molar-refractivity contribution in [3.05, 3.63) is 0 Å². The van der Waals surface area contributed by atoms with E-state index in [2.05, 4.69) is 0 Å². The normalized spacial score (nSPS) is 8.57. The van der Waals surface area contributed by atoms with Crippen molar-refractivity contribution in [2.24, 2.45) is 0 Å². The van der Waals surface area contributed by atoms with Gasteiger partial charge in [-0.2, -0.15) is 0 Å². The molecule has 0 saturated heterocycles. The average molecular weight is 140 g/mol. The van der Waals surface area contributed by atoms with E-state index in [4.69, 9.17) is 19.2 Å². The van der Waals surface area contributed by atoms with Crippen molar-refractivity contribution in [3.63, 3.8) is 0 Å². The second-order valence-corrected chi connectivity index (χ2v) is 1.80. The SMILES string of the molecule is F.O[Si](O)(O)O.[NaH]. The van der Waals surface area contributed by atoms with Crippen LogP contribution >= 0.6 is 0 Å². The molecule has 0 aromatic carbocycles. The third-order valence-corrected chi connectivity index (χ3v) is 0. The molecule has 0 saturated carbocycles. The minimum absolute atomic E-state index is 0. The van der Waals surface area contributed by atoms with E-state index < -0.39 is 9.05 Å². The summed E-state index contributed by atoms with van der Waals surface area (Å²) in [6.07, 6.45) is 0. The van der Waals surface area contributed by atoms with E-state index in [1.165, 1.54) is 0 Å². The maximum absolute atomic E-state index is 7.33. The average Bonchev–Trinajstić information content (AvgIpc) is 0.722. The molecular weight excluding hydrogens is 134 g/mol. The molecule has 0 atom stereocenters.